The van der Waals surface area contributed by atoms with Gasteiger partial charge in [0.1, 0.15) is 5.75 Å². The van der Waals surface area contributed by atoms with Crippen molar-refractivity contribution >= 4 is 23.4 Å². The fourth-order valence-electron chi connectivity index (χ4n) is 3.04. The predicted molar refractivity (Wildman–Crippen MR) is 105 cm³/mol. The third-order valence-corrected chi connectivity index (χ3v) is 4.79. The Labute approximate surface area is 164 Å². The minimum absolute atomic E-state index is 0.0731. The van der Waals surface area contributed by atoms with E-state index in [-0.39, 0.29) is 18.2 Å². The van der Waals surface area contributed by atoms with E-state index in [1.54, 1.807) is 24.3 Å². The highest BCUT2D eigenvalue weighted by atomic mass is 35.5. The van der Waals surface area contributed by atoms with Crippen LogP contribution in [0.25, 0.3) is 0 Å². The molecule has 3 rings (SSSR count). The zero-order valence-corrected chi connectivity index (χ0v) is 15.9. The monoisotopic (exact) mass is 386 g/mol. The van der Waals surface area contributed by atoms with Crippen molar-refractivity contribution in [3.8, 4) is 5.75 Å². The lowest BCUT2D eigenvalue weighted by atomic mass is 10.1. The standard InChI is InChI=1S/C21H23ClN2O3/c22-18-7-9-19(10-8-18)27-13-11-20(25)23-14-16-4-1-2-5-17(16)15-24-12-3-6-21(24)26/h1-2,4-5,7-10H,3,6,11-15H2,(H,23,25). The van der Waals surface area contributed by atoms with Gasteiger partial charge in [-0.05, 0) is 41.8 Å². The number of halogens is 1. The third-order valence-electron chi connectivity index (χ3n) is 4.54. The normalized spacial score (nSPS) is 13.7. The summed E-state index contributed by atoms with van der Waals surface area (Å²) >= 11 is 5.83. The van der Waals surface area contributed by atoms with Gasteiger partial charge in [0, 0.05) is 31.1 Å². The predicted octanol–water partition coefficient (Wildman–Crippen LogP) is 3.55. The minimum Gasteiger partial charge on any atom is -0.493 e. The number of hydrogen-bond donors (Lipinski definition) is 1. The number of rotatable bonds is 8. The maximum atomic E-state index is 12.1. The molecule has 1 N–H and O–H groups in total. The van der Waals surface area contributed by atoms with Crippen molar-refractivity contribution in [2.24, 2.45) is 0 Å². The molecular weight excluding hydrogens is 364 g/mol. The molecule has 6 heteroatoms. The summed E-state index contributed by atoms with van der Waals surface area (Å²) in [5.41, 5.74) is 2.11. The van der Waals surface area contributed by atoms with Crippen molar-refractivity contribution in [1.82, 2.24) is 10.2 Å². The second-order valence-electron chi connectivity index (χ2n) is 6.52. The zero-order valence-electron chi connectivity index (χ0n) is 15.1. The maximum Gasteiger partial charge on any atom is 0.223 e. The molecule has 2 aromatic rings. The quantitative estimate of drug-likeness (QED) is 0.754. The Balaban J connectivity index is 1.45. The molecule has 1 heterocycles. The van der Waals surface area contributed by atoms with E-state index in [9.17, 15) is 9.59 Å². The van der Waals surface area contributed by atoms with Crippen molar-refractivity contribution in [2.45, 2.75) is 32.4 Å². The molecule has 2 aromatic carbocycles. The number of hydrogen-bond acceptors (Lipinski definition) is 3. The summed E-state index contributed by atoms with van der Waals surface area (Å²) in [5, 5.41) is 3.57. The summed E-state index contributed by atoms with van der Waals surface area (Å²) in [4.78, 5) is 25.8. The van der Waals surface area contributed by atoms with Crippen molar-refractivity contribution in [1.29, 1.82) is 0 Å². The smallest absolute Gasteiger partial charge is 0.223 e. The van der Waals surface area contributed by atoms with Gasteiger partial charge in [0.15, 0.2) is 0 Å². The van der Waals surface area contributed by atoms with Gasteiger partial charge >= 0.3 is 0 Å². The first-order valence-electron chi connectivity index (χ1n) is 9.11. The van der Waals surface area contributed by atoms with Gasteiger partial charge in [-0.2, -0.15) is 0 Å². The minimum atomic E-state index is -0.0731. The lowest BCUT2D eigenvalue weighted by molar-refractivity contribution is -0.128. The van der Waals surface area contributed by atoms with Crippen LogP contribution in [-0.2, 0) is 22.7 Å². The molecule has 1 aliphatic rings. The van der Waals surface area contributed by atoms with E-state index in [1.165, 1.54) is 0 Å². The Morgan fingerprint density at radius 2 is 1.85 bits per heavy atom. The molecule has 0 aliphatic carbocycles. The van der Waals surface area contributed by atoms with Crippen LogP contribution in [0, 0.1) is 0 Å². The summed E-state index contributed by atoms with van der Waals surface area (Å²) in [6, 6.07) is 14.9. The fraction of sp³-hybridized carbons (Fsp3) is 0.333. The highest BCUT2D eigenvalue weighted by molar-refractivity contribution is 6.30. The highest BCUT2D eigenvalue weighted by Gasteiger charge is 2.20. The number of carbonyl (C=O) groups is 2. The molecule has 27 heavy (non-hydrogen) atoms. The number of ether oxygens (including phenoxy) is 1. The Morgan fingerprint density at radius 3 is 2.56 bits per heavy atom. The average Bonchev–Trinajstić information content (AvgIpc) is 3.07. The summed E-state index contributed by atoms with van der Waals surface area (Å²) in [6.07, 6.45) is 1.83. The van der Waals surface area contributed by atoms with Crippen LogP contribution in [0.2, 0.25) is 5.02 Å². The number of carbonyl (C=O) groups excluding carboxylic acids is 2. The van der Waals surface area contributed by atoms with Crippen LogP contribution in [-0.4, -0.2) is 29.9 Å². The topological polar surface area (TPSA) is 58.6 Å². The number of nitrogens with one attached hydrogen (secondary N) is 1. The molecule has 0 unspecified atom stereocenters. The Bertz CT molecular complexity index is 792. The third kappa shape index (κ3) is 5.73. The van der Waals surface area contributed by atoms with Crippen molar-refractivity contribution in [3.63, 3.8) is 0 Å². The number of benzene rings is 2. The summed E-state index contributed by atoms with van der Waals surface area (Å²) in [6.45, 7) is 2.15. The van der Waals surface area contributed by atoms with Crippen LogP contribution >= 0.6 is 11.6 Å². The molecule has 2 amide bonds. The number of likely N-dealkylation sites (tertiary alicyclic amines) is 1. The van der Waals surface area contributed by atoms with Gasteiger partial charge < -0.3 is 15.0 Å². The van der Waals surface area contributed by atoms with Gasteiger partial charge in [-0.3, -0.25) is 9.59 Å². The molecule has 0 spiro atoms. The van der Waals surface area contributed by atoms with E-state index in [1.807, 2.05) is 29.2 Å². The van der Waals surface area contributed by atoms with Crippen LogP contribution in [0.4, 0.5) is 0 Å². The van der Waals surface area contributed by atoms with E-state index < -0.39 is 0 Å². The van der Waals surface area contributed by atoms with E-state index in [0.29, 0.717) is 36.9 Å². The van der Waals surface area contributed by atoms with E-state index in [0.717, 1.165) is 24.1 Å². The Hall–Kier alpha value is -2.53. The zero-order chi connectivity index (χ0) is 19.1. The first-order valence-corrected chi connectivity index (χ1v) is 9.49. The van der Waals surface area contributed by atoms with E-state index in [2.05, 4.69) is 5.32 Å². The summed E-state index contributed by atoms with van der Waals surface area (Å²) in [7, 11) is 0. The molecule has 1 saturated heterocycles. The lowest BCUT2D eigenvalue weighted by Crippen LogP contribution is -2.27. The summed E-state index contributed by atoms with van der Waals surface area (Å²) < 4.78 is 5.54. The molecular formula is C21H23ClN2O3. The summed E-state index contributed by atoms with van der Waals surface area (Å²) in [5.74, 6) is 0.817. The second-order valence-corrected chi connectivity index (χ2v) is 6.95. The number of amides is 2. The lowest BCUT2D eigenvalue weighted by Gasteiger charge is -2.18. The van der Waals surface area contributed by atoms with Gasteiger partial charge in [0.25, 0.3) is 0 Å². The molecule has 1 fully saturated rings. The van der Waals surface area contributed by atoms with Crippen LogP contribution in [0.3, 0.4) is 0 Å². The molecule has 1 aliphatic heterocycles. The van der Waals surface area contributed by atoms with Crippen molar-refractivity contribution in [2.75, 3.05) is 13.2 Å². The van der Waals surface area contributed by atoms with Gasteiger partial charge in [0.2, 0.25) is 11.8 Å². The largest absolute Gasteiger partial charge is 0.493 e. The average molecular weight is 387 g/mol. The second kappa shape index (κ2) is 9.42. The molecule has 0 atom stereocenters. The van der Waals surface area contributed by atoms with Gasteiger partial charge in [-0.1, -0.05) is 35.9 Å². The molecule has 0 aromatic heterocycles. The Morgan fingerprint density at radius 1 is 1.11 bits per heavy atom. The first-order chi connectivity index (χ1) is 13.1. The molecule has 0 radical (unpaired) electrons. The molecule has 0 saturated carbocycles. The van der Waals surface area contributed by atoms with Gasteiger partial charge in [0.05, 0.1) is 13.0 Å². The highest BCUT2D eigenvalue weighted by Crippen LogP contribution is 2.17. The van der Waals surface area contributed by atoms with Gasteiger partial charge in [-0.25, -0.2) is 0 Å². The molecule has 142 valence electrons. The van der Waals surface area contributed by atoms with Crippen molar-refractivity contribution < 1.29 is 14.3 Å². The van der Waals surface area contributed by atoms with E-state index in [4.69, 9.17) is 16.3 Å². The Kier molecular flexibility index (Phi) is 6.71. The van der Waals surface area contributed by atoms with Crippen LogP contribution in [0.15, 0.2) is 48.5 Å². The number of nitrogens with zero attached hydrogens (tertiary/aromatic N) is 1. The van der Waals surface area contributed by atoms with E-state index >= 15 is 0 Å². The SMILES string of the molecule is O=C(CCOc1ccc(Cl)cc1)NCc1ccccc1CN1CCCC1=O. The molecule has 0 bridgehead atoms. The molecule has 5 nitrogen and oxygen atoms in total. The van der Waals surface area contributed by atoms with Crippen molar-refractivity contribution in [3.05, 3.63) is 64.7 Å². The fourth-order valence-corrected chi connectivity index (χ4v) is 3.16. The van der Waals surface area contributed by atoms with Crippen LogP contribution < -0.4 is 10.1 Å². The van der Waals surface area contributed by atoms with Crippen LogP contribution in [0.5, 0.6) is 5.75 Å². The van der Waals surface area contributed by atoms with Gasteiger partial charge in [-0.15, -0.1) is 0 Å². The maximum absolute atomic E-state index is 12.1. The van der Waals surface area contributed by atoms with Crippen LogP contribution in [0.1, 0.15) is 30.4 Å². The first kappa shape index (κ1) is 19.2.